The monoisotopic (exact) mass is 518 g/mol. The molecule has 34 heavy (non-hydrogen) atoms. The van der Waals surface area contributed by atoms with Crippen molar-refractivity contribution in [1.29, 1.82) is 0 Å². The van der Waals surface area contributed by atoms with Gasteiger partial charge in [0.15, 0.2) is 10.4 Å². The molecule has 0 bridgehead atoms. The number of amides is 1. The average Bonchev–Trinajstić information content (AvgIpc) is 3.29. The number of nitrogens with zero attached hydrogens (tertiary/aromatic N) is 3. The highest BCUT2D eigenvalue weighted by Crippen LogP contribution is 2.38. The predicted octanol–water partition coefficient (Wildman–Crippen LogP) is 3.73. The molecule has 4 rings (SSSR count). The number of sulfonamides is 1. The van der Waals surface area contributed by atoms with Gasteiger partial charge in [-0.15, -0.1) is 16.8 Å². The minimum absolute atomic E-state index is 0.0785. The molecule has 1 atom stereocenters. The van der Waals surface area contributed by atoms with Crippen LogP contribution in [0.25, 0.3) is 0 Å². The molecule has 0 saturated heterocycles. The van der Waals surface area contributed by atoms with Gasteiger partial charge in [-0.1, -0.05) is 35.2 Å². The molecule has 12 heteroatoms. The molecule has 0 unspecified atom stereocenters. The number of hydrogen-bond acceptors (Lipinski definition) is 9. The number of fused-ring (bicyclic) bond motifs is 1. The number of anilines is 2. The zero-order chi connectivity index (χ0) is 24.3. The Morgan fingerprint density at radius 1 is 1.32 bits per heavy atom. The number of carbonyl (C=O) groups excluding carboxylic acids is 1. The Balaban J connectivity index is 1.62. The van der Waals surface area contributed by atoms with Gasteiger partial charge in [-0.2, -0.15) is 0 Å². The molecular weight excluding hydrogens is 496 g/mol. The van der Waals surface area contributed by atoms with E-state index in [-0.39, 0.29) is 11.4 Å². The second-order valence-corrected chi connectivity index (χ2v) is 11.4. The lowest BCUT2D eigenvalue weighted by molar-refractivity contribution is -0.122. The molecule has 2 heterocycles. The SMILES string of the molecule is C=CCSc1nnc(NC(=O)[C@@H]2CN(S(=O)(=O)c3ccc(OC)cc3)c3cc(C)ccc3O2)s1. The van der Waals surface area contributed by atoms with Crippen molar-refractivity contribution in [1.82, 2.24) is 10.2 Å². The third-order valence-electron chi connectivity index (χ3n) is 4.89. The quantitative estimate of drug-likeness (QED) is 0.273. The minimum atomic E-state index is -3.98. The van der Waals surface area contributed by atoms with E-state index in [1.807, 2.05) is 6.92 Å². The Hall–Kier alpha value is -3.09. The number of benzene rings is 2. The molecule has 0 fully saturated rings. The van der Waals surface area contributed by atoms with E-state index in [1.54, 1.807) is 36.4 Å². The summed E-state index contributed by atoms with van der Waals surface area (Å²) in [6, 6.07) is 11.3. The predicted molar refractivity (Wildman–Crippen MR) is 133 cm³/mol. The first-order valence-electron chi connectivity index (χ1n) is 10.1. The van der Waals surface area contributed by atoms with E-state index in [0.29, 0.717) is 32.4 Å². The lowest BCUT2D eigenvalue weighted by atomic mass is 10.1. The van der Waals surface area contributed by atoms with Crippen molar-refractivity contribution in [3.63, 3.8) is 0 Å². The normalized spacial score (nSPS) is 15.2. The molecule has 1 amide bonds. The second kappa shape index (κ2) is 10.0. The largest absolute Gasteiger partial charge is 0.497 e. The number of carbonyl (C=O) groups is 1. The highest BCUT2D eigenvalue weighted by molar-refractivity contribution is 8.01. The summed E-state index contributed by atoms with van der Waals surface area (Å²) >= 11 is 2.67. The summed E-state index contributed by atoms with van der Waals surface area (Å²) in [5.41, 5.74) is 1.23. The third kappa shape index (κ3) is 5.03. The molecule has 178 valence electrons. The molecule has 1 aromatic heterocycles. The molecule has 0 aliphatic carbocycles. The van der Waals surface area contributed by atoms with Crippen LogP contribution in [0.5, 0.6) is 11.5 Å². The molecule has 2 aromatic carbocycles. The van der Waals surface area contributed by atoms with Crippen LogP contribution in [0.2, 0.25) is 0 Å². The summed E-state index contributed by atoms with van der Waals surface area (Å²) in [5.74, 6) is 0.992. The lowest BCUT2D eigenvalue weighted by Crippen LogP contribution is -2.48. The van der Waals surface area contributed by atoms with Gasteiger partial charge in [0.05, 0.1) is 24.2 Å². The Labute approximate surface area is 205 Å². The van der Waals surface area contributed by atoms with Crippen molar-refractivity contribution in [2.24, 2.45) is 0 Å². The minimum Gasteiger partial charge on any atom is -0.497 e. The van der Waals surface area contributed by atoms with Crippen LogP contribution in [-0.4, -0.2) is 50.0 Å². The maximum atomic E-state index is 13.6. The van der Waals surface area contributed by atoms with E-state index in [4.69, 9.17) is 9.47 Å². The van der Waals surface area contributed by atoms with Gasteiger partial charge in [-0.3, -0.25) is 14.4 Å². The number of aromatic nitrogens is 2. The fourth-order valence-electron chi connectivity index (χ4n) is 3.24. The third-order valence-corrected chi connectivity index (χ3v) is 8.65. The van der Waals surface area contributed by atoms with E-state index in [2.05, 4.69) is 22.1 Å². The van der Waals surface area contributed by atoms with Crippen LogP contribution in [0.4, 0.5) is 10.8 Å². The van der Waals surface area contributed by atoms with Crippen LogP contribution in [-0.2, 0) is 14.8 Å². The summed E-state index contributed by atoms with van der Waals surface area (Å²) in [6.07, 6.45) is 0.661. The van der Waals surface area contributed by atoms with E-state index in [9.17, 15) is 13.2 Å². The smallest absolute Gasteiger partial charge is 0.269 e. The number of ether oxygens (including phenoxy) is 2. The summed E-state index contributed by atoms with van der Waals surface area (Å²) in [7, 11) is -2.48. The van der Waals surface area contributed by atoms with Crippen LogP contribution in [0, 0.1) is 6.92 Å². The van der Waals surface area contributed by atoms with Gasteiger partial charge in [-0.25, -0.2) is 8.42 Å². The van der Waals surface area contributed by atoms with E-state index in [1.165, 1.54) is 46.6 Å². The Morgan fingerprint density at radius 2 is 2.09 bits per heavy atom. The number of nitrogens with one attached hydrogen (secondary N) is 1. The number of hydrogen-bond donors (Lipinski definition) is 1. The van der Waals surface area contributed by atoms with Gasteiger partial charge in [0.25, 0.3) is 15.9 Å². The Morgan fingerprint density at radius 3 is 2.79 bits per heavy atom. The summed E-state index contributed by atoms with van der Waals surface area (Å²) in [4.78, 5) is 13.1. The van der Waals surface area contributed by atoms with Crippen molar-refractivity contribution in [2.75, 3.05) is 29.0 Å². The molecule has 1 aliphatic heterocycles. The number of rotatable bonds is 8. The highest BCUT2D eigenvalue weighted by atomic mass is 32.2. The molecule has 1 N–H and O–H groups in total. The fourth-order valence-corrected chi connectivity index (χ4v) is 6.22. The van der Waals surface area contributed by atoms with Crippen LogP contribution in [0.15, 0.2) is 64.4 Å². The van der Waals surface area contributed by atoms with Crippen molar-refractivity contribution >= 4 is 49.8 Å². The molecule has 1 aliphatic rings. The number of methoxy groups -OCH3 is 1. The first-order chi connectivity index (χ1) is 16.3. The van der Waals surface area contributed by atoms with E-state index < -0.39 is 22.0 Å². The van der Waals surface area contributed by atoms with Crippen LogP contribution >= 0.6 is 23.1 Å². The van der Waals surface area contributed by atoms with E-state index >= 15 is 0 Å². The zero-order valence-electron chi connectivity index (χ0n) is 18.4. The van der Waals surface area contributed by atoms with Gasteiger partial charge >= 0.3 is 0 Å². The first-order valence-corrected chi connectivity index (χ1v) is 13.4. The topological polar surface area (TPSA) is 111 Å². The fraction of sp³-hybridized carbons (Fsp3) is 0.227. The first kappa shape index (κ1) is 24.0. The second-order valence-electron chi connectivity index (χ2n) is 7.25. The van der Waals surface area contributed by atoms with Gasteiger partial charge < -0.3 is 9.47 Å². The van der Waals surface area contributed by atoms with Crippen molar-refractivity contribution < 1.29 is 22.7 Å². The number of thioether (sulfide) groups is 1. The van der Waals surface area contributed by atoms with Crippen LogP contribution in [0.1, 0.15) is 5.56 Å². The van der Waals surface area contributed by atoms with Gasteiger partial charge in [0.1, 0.15) is 11.5 Å². The van der Waals surface area contributed by atoms with E-state index in [0.717, 1.165) is 5.56 Å². The molecule has 0 spiro atoms. The standard InChI is InChI=1S/C22H22N4O5S3/c1-4-11-32-22-25-24-21(33-22)23-20(27)19-13-26(17-12-14(2)5-10-18(17)31-19)34(28,29)16-8-6-15(30-3)7-9-16/h4-10,12,19H,1,11,13H2,2-3H3,(H,23,24,27)/t19-/m0/s1. The summed E-state index contributed by atoms with van der Waals surface area (Å²) < 4.78 is 40.0. The molecule has 0 saturated carbocycles. The molecule has 9 nitrogen and oxygen atoms in total. The average molecular weight is 519 g/mol. The maximum absolute atomic E-state index is 13.6. The molecular formula is C22H22N4O5S3. The van der Waals surface area contributed by atoms with Crippen molar-refractivity contribution in [3.8, 4) is 11.5 Å². The Bertz CT molecular complexity index is 1310. The van der Waals surface area contributed by atoms with Crippen molar-refractivity contribution in [2.45, 2.75) is 22.3 Å². The summed E-state index contributed by atoms with van der Waals surface area (Å²) in [6.45, 7) is 5.32. The zero-order valence-corrected chi connectivity index (χ0v) is 20.9. The molecule has 0 radical (unpaired) electrons. The van der Waals surface area contributed by atoms with Gasteiger partial charge in [0.2, 0.25) is 5.13 Å². The summed E-state index contributed by atoms with van der Waals surface area (Å²) in [5, 5.41) is 11.0. The van der Waals surface area contributed by atoms with Gasteiger partial charge in [0, 0.05) is 5.75 Å². The van der Waals surface area contributed by atoms with Crippen LogP contribution < -0.4 is 19.1 Å². The Kier molecular flexibility index (Phi) is 7.10. The molecule has 3 aromatic rings. The number of aryl methyl sites for hydroxylation is 1. The lowest BCUT2D eigenvalue weighted by Gasteiger charge is -2.34. The van der Waals surface area contributed by atoms with Crippen molar-refractivity contribution in [3.05, 3.63) is 60.7 Å². The highest BCUT2D eigenvalue weighted by Gasteiger charge is 2.38. The van der Waals surface area contributed by atoms with Gasteiger partial charge in [-0.05, 0) is 48.9 Å². The maximum Gasteiger partial charge on any atom is 0.269 e. The van der Waals surface area contributed by atoms with Crippen LogP contribution in [0.3, 0.4) is 0 Å².